The summed E-state index contributed by atoms with van der Waals surface area (Å²) < 4.78 is 32.7. The number of unbranched alkanes of at least 4 members (excludes halogenated alkanes) is 11. The first kappa shape index (κ1) is 26.9. The lowest BCUT2D eigenvalue weighted by atomic mass is 10.0. The molecule has 5 heteroatoms. The minimum atomic E-state index is -3.98. The number of aliphatic hydroxyl groups is 1. The van der Waals surface area contributed by atoms with Gasteiger partial charge in [-0.1, -0.05) is 97.3 Å². The maximum Gasteiger partial charge on any atom is 0.267 e. The molecule has 0 amide bonds. The van der Waals surface area contributed by atoms with Crippen LogP contribution in [0.25, 0.3) is 0 Å². The first-order valence-electron chi connectivity index (χ1n) is 11.6. The lowest BCUT2D eigenvalue weighted by Crippen LogP contribution is -2.21. The lowest BCUT2D eigenvalue weighted by Gasteiger charge is -2.15. The van der Waals surface area contributed by atoms with Gasteiger partial charge < -0.3 is 5.11 Å². The fourth-order valence-electron chi connectivity index (χ4n) is 3.66. The van der Waals surface area contributed by atoms with E-state index >= 15 is 0 Å². The molecule has 0 aromatic carbocycles. The van der Waals surface area contributed by atoms with Crippen LogP contribution in [0.15, 0.2) is 0 Å². The lowest BCUT2D eigenvalue weighted by molar-refractivity contribution is 0.147. The second-order valence-electron chi connectivity index (χ2n) is 8.19. The van der Waals surface area contributed by atoms with Crippen molar-refractivity contribution in [1.29, 1.82) is 0 Å². The minimum Gasteiger partial charge on any atom is -0.393 e. The first-order chi connectivity index (χ1) is 12.9. The van der Waals surface area contributed by atoms with Crippen LogP contribution < -0.4 is 0 Å². The fraction of sp³-hybridized carbons (Fsp3) is 1.00. The van der Waals surface area contributed by atoms with Crippen molar-refractivity contribution < 1.29 is 18.1 Å². The van der Waals surface area contributed by atoms with E-state index in [1.807, 2.05) is 0 Å². The van der Waals surface area contributed by atoms with Crippen molar-refractivity contribution >= 4 is 10.1 Å². The molecule has 0 aromatic rings. The second kappa shape index (κ2) is 17.9. The van der Waals surface area contributed by atoms with Crippen molar-refractivity contribution in [2.24, 2.45) is 0 Å². The molecular formula is C22H46O4S. The van der Waals surface area contributed by atoms with Crippen molar-refractivity contribution in [2.45, 2.75) is 141 Å². The highest BCUT2D eigenvalue weighted by atomic mass is 32.2. The van der Waals surface area contributed by atoms with E-state index in [-0.39, 0.29) is 6.10 Å². The second-order valence-corrected chi connectivity index (χ2v) is 9.88. The Balaban J connectivity index is 3.83. The Morgan fingerprint density at radius 3 is 1.48 bits per heavy atom. The zero-order valence-electron chi connectivity index (χ0n) is 18.0. The third-order valence-corrected chi connectivity index (χ3v) is 6.82. The summed E-state index contributed by atoms with van der Waals surface area (Å²) in [5.41, 5.74) is 0. The zero-order valence-corrected chi connectivity index (χ0v) is 18.8. The molecule has 0 aliphatic rings. The van der Waals surface area contributed by atoms with Crippen molar-refractivity contribution in [2.75, 3.05) is 0 Å². The van der Waals surface area contributed by atoms with Gasteiger partial charge in [0, 0.05) is 0 Å². The SMILES string of the molecule is CCCCCCCCCCCC(CCCC(O)CCCCCC)S(=O)(=O)O. The topological polar surface area (TPSA) is 74.6 Å². The van der Waals surface area contributed by atoms with E-state index in [0.29, 0.717) is 25.7 Å². The summed E-state index contributed by atoms with van der Waals surface area (Å²) in [6, 6.07) is 0. The third-order valence-electron chi connectivity index (χ3n) is 5.51. The molecule has 0 heterocycles. The van der Waals surface area contributed by atoms with Gasteiger partial charge in [0.05, 0.1) is 11.4 Å². The van der Waals surface area contributed by atoms with Gasteiger partial charge in [-0.2, -0.15) is 8.42 Å². The van der Waals surface area contributed by atoms with Crippen LogP contribution in [0.4, 0.5) is 0 Å². The van der Waals surface area contributed by atoms with E-state index in [9.17, 15) is 18.1 Å². The Labute approximate surface area is 169 Å². The maximum absolute atomic E-state index is 11.6. The molecule has 27 heavy (non-hydrogen) atoms. The van der Waals surface area contributed by atoms with Gasteiger partial charge in [0.25, 0.3) is 10.1 Å². The molecule has 2 unspecified atom stereocenters. The van der Waals surface area contributed by atoms with Crippen LogP contribution >= 0.6 is 0 Å². The smallest absolute Gasteiger partial charge is 0.267 e. The Hall–Kier alpha value is -0.130. The van der Waals surface area contributed by atoms with Crippen LogP contribution in [-0.2, 0) is 10.1 Å². The van der Waals surface area contributed by atoms with E-state index < -0.39 is 15.4 Å². The number of aliphatic hydroxyl groups excluding tert-OH is 1. The van der Waals surface area contributed by atoms with Crippen molar-refractivity contribution in [1.82, 2.24) is 0 Å². The molecule has 2 N–H and O–H groups in total. The van der Waals surface area contributed by atoms with Gasteiger partial charge in [0.15, 0.2) is 0 Å². The van der Waals surface area contributed by atoms with Crippen LogP contribution in [-0.4, -0.2) is 29.4 Å². The van der Waals surface area contributed by atoms with E-state index in [2.05, 4.69) is 13.8 Å². The molecule has 0 fully saturated rings. The summed E-state index contributed by atoms with van der Waals surface area (Å²) in [6.45, 7) is 4.39. The number of rotatable bonds is 20. The quantitative estimate of drug-likeness (QED) is 0.175. The molecule has 0 aliphatic carbocycles. The standard InChI is InChI=1S/C22H46O4S/c1-3-5-7-9-10-11-12-13-15-19-22(27(24,25)26)20-16-18-21(23)17-14-8-6-4-2/h21-23H,3-20H2,1-2H3,(H,24,25,26). The number of hydrogen-bond acceptors (Lipinski definition) is 3. The maximum atomic E-state index is 11.6. The molecular weight excluding hydrogens is 360 g/mol. The first-order valence-corrected chi connectivity index (χ1v) is 13.1. The van der Waals surface area contributed by atoms with Gasteiger partial charge in [0.1, 0.15) is 0 Å². The van der Waals surface area contributed by atoms with Crippen molar-refractivity contribution in [3.63, 3.8) is 0 Å². The largest absolute Gasteiger partial charge is 0.393 e. The average molecular weight is 407 g/mol. The summed E-state index contributed by atoms with van der Waals surface area (Å²) in [6.07, 6.45) is 18.1. The van der Waals surface area contributed by atoms with E-state index in [1.54, 1.807) is 0 Å². The van der Waals surface area contributed by atoms with Gasteiger partial charge in [-0.15, -0.1) is 0 Å². The molecule has 164 valence electrons. The molecule has 0 aromatic heterocycles. The van der Waals surface area contributed by atoms with Crippen molar-refractivity contribution in [3.05, 3.63) is 0 Å². The van der Waals surface area contributed by atoms with E-state index in [4.69, 9.17) is 0 Å². The molecule has 0 radical (unpaired) electrons. The highest BCUT2D eigenvalue weighted by Gasteiger charge is 2.22. The molecule has 0 rings (SSSR count). The fourth-order valence-corrected chi connectivity index (χ4v) is 4.59. The highest BCUT2D eigenvalue weighted by molar-refractivity contribution is 7.86. The average Bonchev–Trinajstić information content (AvgIpc) is 2.61. The van der Waals surface area contributed by atoms with Crippen LogP contribution in [0.3, 0.4) is 0 Å². The Morgan fingerprint density at radius 2 is 0.963 bits per heavy atom. The van der Waals surface area contributed by atoms with Crippen LogP contribution in [0.5, 0.6) is 0 Å². The summed E-state index contributed by atoms with van der Waals surface area (Å²) in [5.74, 6) is 0. The zero-order chi connectivity index (χ0) is 20.4. The van der Waals surface area contributed by atoms with Crippen LogP contribution in [0.1, 0.15) is 129 Å². The normalized spacial score (nSPS) is 14.4. The van der Waals surface area contributed by atoms with E-state index in [1.165, 1.54) is 51.4 Å². The summed E-state index contributed by atoms with van der Waals surface area (Å²) in [5, 5.41) is 9.34. The monoisotopic (exact) mass is 406 g/mol. The highest BCUT2D eigenvalue weighted by Crippen LogP contribution is 2.20. The van der Waals surface area contributed by atoms with Crippen LogP contribution in [0.2, 0.25) is 0 Å². The van der Waals surface area contributed by atoms with Gasteiger partial charge >= 0.3 is 0 Å². The van der Waals surface area contributed by atoms with E-state index in [0.717, 1.165) is 38.5 Å². The van der Waals surface area contributed by atoms with Gasteiger partial charge in [-0.25, -0.2) is 0 Å². The minimum absolute atomic E-state index is 0.336. The Morgan fingerprint density at radius 1 is 0.593 bits per heavy atom. The molecule has 2 atom stereocenters. The molecule has 0 saturated heterocycles. The molecule has 0 aliphatic heterocycles. The Bertz CT molecular complexity index is 409. The summed E-state index contributed by atoms with van der Waals surface area (Å²) >= 11 is 0. The summed E-state index contributed by atoms with van der Waals surface area (Å²) in [7, 11) is -3.98. The molecule has 0 saturated carbocycles. The van der Waals surface area contributed by atoms with Crippen LogP contribution in [0, 0.1) is 0 Å². The molecule has 0 spiro atoms. The van der Waals surface area contributed by atoms with Gasteiger partial charge in [-0.05, 0) is 32.1 Å². The van der Waals surface area contributed by atoms with Gasteiger partial charge in [0.2, 0.25) is 0 Å². The molecule has 0 bridgehead atoms. The van der Waals surface area contributed by atoms with Crippen molar-refractivity contribution in [3.8, 4) is 0 Å². The third kappa shape index (κ3) is 17.7. The summed E-state index contributed by atoms with van der Waals surface area (Å²) in [4.78, 5) is 0. The predicted molar refractivity (Wildman–Crippen MR) is 116 cm³/mol. The molecule has 4 nitrogen and oxygen atoms in total. The van der Waals surface area contributed by atoms with Gasteiger partial charge in [-0.3, -0.25) is 4.55 Å². The predicted octanol–water partition coefficient (Wildman–Crippen LogP) is 6.67. The number of hydrogen-bond donors (Lipinski definition) is 2. The Kier molecular flexibility index (Phi) is 17.8.